The molecule has 0 bridgehead atoms. The lowest BCUT2D eigenvalue weighted by molar-refractivity contribution is 0.0697. The number of carboxylic acid groups (broad SMARTS) is 1. The molecule has 6 heteroatoms. The highest BCUT2D eigenvalue weighted by molar-refractivity contribution is 6.33. The molecule has 2 aromatic rings. The minimum atomic E-state index is -1.11. The Kier molecular flexibility index (Phi) is 4.23. The van der Waals surface area contributed by atoms with Gasteiger partial charge in [0.1, 0.15) is 11.5 Å². The number of aromatic carboxylic acids is 1. The third-order valence-corrected chi connectivity index (χ3v) is 3.39. The Morgan fingerprint density at radius 3 is 2.52 bits per heavy atom. The highest BCUT2D eigenvalue weighted by Crippen LogP contribution is 2.30. The highest BCUT2D eigenvalue weighted by atomic mass is 35.5. The van der Waals surface area contributed by atoms with Crippen LogP contribution in [0.4, 0.5) is 5.69 Å². The summed E-state index contributed by atoms with van der Waals surface area (Å²) in [6, 6.07) is 8.61. The van der Waals surface area contributed by atoms with E-state index in [-0.39, 0.29) is 28.1 Å². The average Bonchev–Trinajstić information content (AvgIpc) is 2.40. The molecule has 4 N–H and O–H groups in total. The molecule has 0 saturated heterocycles. The summed E-state index contributed by atoms with van der Waals surface area (Å²) in [6.07, 6.45) is 0. The topological polar surface area (TPSA) is 89.8 Å². The molecule has 1 atom stereocenters. The second-order valence-corrected chi connectivity index (χ2v) is 5.02. The van der Waals surface area contributed by atoms with E-state index in [1.54, 1.807) is 19.1 Å². The van der Waals surface area contributed by atoms with Crippen LogP contribution in [-0.4, -0.2) is 21.3 Å². The summed E-state index contributed by atoms with van der Waals surface area (Å²) in [6.45, 7) is 1.81. The second kappa shape index (κ2) is 5.93. The summed E-state index contributed by atoms with van der Waals surface area (Å²) in [5.74, 6) is -1.17. The lowest BCUT2D eigenvalue weighted by Gasteiger charge is -2.17. The maximum atomic E-state index is 11.0. The molecule has 5 nitrogen and oxygen atoms in total. The number of halogens is 1. The fourth-order valence-corrected chi connectivity index (χ4v) is 2.20. The summed E-state index contributed by atoms with van der Waals surface area (Å²) in [7, 11) is 0. The second-order valence-electron chi connectivity index (χ2n) is 4.61. The molecule has 0 aromatic heterocycles. The molecule has 0 fully saturated rings. The van der Waals surface area contributed by atoms with Gasteiger partial charge in [-0.15, -0.1) is 0 Å². The monoisotopic (exact) mass is 307 g/mol. The van der Waals surface area contributed by atoms with Gasteiger partial charge in [-0.2, -0.15) is 0 Å². The minimum Gasteiger partial charge on any atom is -0.508 e. The number of anilines is 1. The first-order valence-corrected chi connectivity index (χ1v) is 6.57. The van der Waals surface area contributed by atoms with Crippen molar-refractivity contribution < 1.29 is 20.1 Å². The third kappa shape index (κ3) is 3.38. The SMILES string of the molecule is CC(Nc1ccc(Cl)c(C(=O)O)c1)c1ccc(O)cc1O. The van der Waals surface area contributed by atoms with E-state index in [1.807, 2.05) is 0 Å². The van der Waals surface area contributed by atoms with Gasteiger partial charge < -0.3 is 20.6 Å². The van der Waals surface area contributed by atoms with Crippen molar-refractivity contribution >= 4 is 23.3 Å². The number of carbonyl (C=O) groups is 1. The molecule has 0 aliphatic carbocycles. The van der Waals surface area contributed by atoms with Crippen LogP contribution < -0.4 is 5.32 Å². The predicted octanol–water partition coefficient (Wildman–Crippen LogP) is 3.62. The van der Waals surface area contributed by atoms with E-state index < -0.39 is 5.97 Å². The normalized spacial score (nSPS) is 11.9. The zero-order valence-corrected chi connectivity index (χ0v) is 11.9. The van der Waals surface area contributed by atoms with Gasteiger partial charge >= 0.3 is 5.97 Å². The average molecular weight is 308 g/mol. The molecule has 2 rings (SSSR count). The van der Waals surface area contributed by atoms with Crippen LogP contribution >= 0.6 is 11.6 Å². The molecule has 0 aliphatic rings. The number of phenols is 2. The van der Waals surface area contributed by atoms with Gasteiger partial charge in [-0.05, 0) is 37.3 Å². The number of rotatable bonds is 4. The number of nitrogens with one attached hydrogen (secondary N) is 1. The Balaban J connectivity index is 2.25. The lowest BCUT2D eigenvalue weighted by atomic mass is 10.1. The molecule has 21 heavy (non-hydrogen) atoms. The van der Waals surface area contributed by atoms with Crippen LogP contribution in [0.3, 0.4) is 0 Å². The van der Waals surface area contributed by atoms with Crippen molar-refractivity contribution in [2.45, 2.75) is 13.0 Å². The zero-order valence-electron chi connectivity index (χ0n) is 11.2. The Morgan fingerprint density at radius 2 is 1.90 bits per heavy atom. The zero-order chi connectivity index (χ0) is 15.6. The van der Waals surface area contributed by atoms with Crippen molar-refractivity contribution in [2.24, 2.45) is 0 Å². The first-order valence-electron chi connectivity index (χ1n) is 6.19. The number of carboxylic acids is 1. The van der Waals surface area contributed by atoms with Crippen LogP contribution in [0.5, 0.6) is 11.5 Å². The van der Waals surface area contributed by atoms with E-state index in [2.05, 4.69) is 5.32 Å². The predicted molar refractivity (Wildman–Crippen MR) is 80.2 cm³/mol. The fraction of sp³-hybridized carbons (Fsp3) is 0.133. The maximum Gasteiger partial charge on any atom is 0.337 e. The van der Waals surface area contributed by atoms with E-state index >= 15 is 0 Å². The van der Waals surface area contributed by atoms with Crippen molar-refractivity contribution in [1.29, 1.82) is 0 Å². The molecule has 110 valence electrons. The number of phenolic OH excluding ortho intramolecular Hbond substituents is 2. The lowest BCUT2D eigenvalue weighted by Crippen LogP contribution is -2.08. The summed E-state index contributed by atoms with van der Waals surface area (Å²) >= 11 is 5.81. The van der Waals surface area contributed by atoms with Crippen molar-refractivity contribution in [2.75, 3.05) is 5.32 Å². The molecule has 0 heterocycles. The van der Waals surface area contributed by atoms with Gasteiger partial charge in [-0.25, -0.2) is 4.79 Å². The van der Waals surface area contributed by atoms with Crippen molar-refractivity contribution in [3.8, 4) is 11.5 Å². The molecule has 2 aromatic carbocycles. The standard InChI is InChI=1S/C15H14ClNO4/c1-8(11-4-3-10(18)7-14(11)19)17-9-2-5-13(16)12(6-9)15(20)21/h2-8,17-19H,1H3,(H,20,21). The van der Waals surface area contributed by atoms with Crippen LogP contribution in [0.1, 0.15) is 28.9 Å². The molecule has 0 radical (unpaired) electrons. The minimum absolute atomic E-state index is 0.00351. The Bertz CT molecular complexity index is 687. The first-order chi connectivity index (χ1) is 9.88. The van der Waals surface area contributed by atoms with Gasteiger partial charge in [0, 0.05) is 17.3 Å². The number of benzene rings is 2. The summed E-state index contributed by atoms with van der Waals surface area (Å²) in [5, 5.41) is 31.4. The van der Waals surface area contributed by atoms with Gasteiger partial charge in [0.2, 0.25) is 0 Å². The van der Waals surface area contributed by atoms with Crippen molar-refractivity contribution in [3.05, 3.63) is 52.5 Å². The van der Waals surface area contributed by atoms with E-state index in [0.717, 1.165) is 0 Å². The molecule has 0 saturated carbocycles. The van der Waals surface area contributed by atoms with E-state index in [9.17, 15) is 15.0 Å². The van der Waals surface area contributed by atoms with Gasteiger partial charge in [-0.3, -0.25) is 0 Å². The van der Waals surface area contributed by atoms with Gasteiger partial charge in [0.05, 0.1) is 16.6 Å². The van der Waals surface area contributed by atoms with Crippen LogP contribution in [0.15, 0.2) is 36.4 Å². The largest absolute Gasteiger partial charge is 0.508 e. The summed E-state index contributed by atoms with van der Waals surface area (Å²) < 4.78 is 0. The number of aromatic hydroxyl groups is 2. The van der Waals surface area contributed by atoms with E-state index in [0.29, 0.717) is 11.3 Å². The fourth-order valence-electron chi connectivity index (χ4n) is 2.00. The maximum absolute atomic E-state index is 11.0. The van der Waals surface area contributed by atoms with E-state index in [4.69, 9.17) is 16.7 Å². The van der Waals surface area contributed by atoms with Crippen LogP contribution in [0.25, 0.3) is 0 Å². The van der Waals surface area contributed by atoms with Crippen LogP contribution in [-0.2, 0) is 0 Å². The van der Waals surface area contributed by atoms with Crippen molar-refractivity contribution in [3.63, 3.8) is 0 Å². The van der Waals surface area contributed by atoms with Gasteiger partial charge in [-0.1, -0.05) is 11.6 Å². The Labute approximate surface area is 126 Å². The molecule has 0 aliphatic heterocycles. The highest BCUT2D eigenvalue weighted by Gasteiger charge is 2.13. The Morgan fingerprint density at radius 1 is 1.19 bits per heavy atom. The smallest absolute Gasteiger partial charge is 0.337 e. The van der Waals surface area contributed by atoms with Gasteiger partial charge in [0.25, 0.3) is 0 Å². The molecular formula is C15H14ClNO4. The van der Waals surface area contributed by atoms with Gasteiger partial charge in [0.15, 0.2) is 0 Å². The van der Waals surface area contributed by atoms with Crippen LogP contribution in [0.2, 0.25) is 5.02 Å². The quantitative estimate of drug-likeness (QED) is 0.692. The first kappa shape index (κ1) is 15.0. The third-order valence-electron chi connectivity index (χ3n) is 3.06. The number of hydrogen-bond donors (Lipinski definition) is 4. The molecule has 0 spiro atoms. The molecule has 1 unspecified atom stereocenters. The summed E-state index contributed by atoms with van der Waals surface area (Å²) in [5.41, 5.74) is 1.15. The van der Waals surface area contributed by atoms with E-state index in [1.165, 1.54) is 24.3 Å². The van der Waals surface area contributed by atoms with Crippen LogP contribution in [0, 0.1) is 0 Å². The summed E-state index contributed by atoms with van der Waals surface area (Å²) in [4.78, 5) is 11.0. The molecular weight excluding hydrogens is 294 g/mol. The molecule has 0 amide bonds. The number of hydrogen-bond acceptors (Lipinski definition) is 4. The van der Waals surface area contributed by atoms with Crippen molar-refractivity contribution in [1.82, 2.24) is 0 Å². The Hall–Kier alpha value is -2.40.